The minimum Gasteiger partial charge on any atom is -0.459 e. The monoisotopic (exact) mass is 243 g/mol. The fourth-order valence-electron chi connectivity index (χ4n) is 1.92. The van der Waals surface area contributed by atoms with Crippen LogP contribution >= 0.6 is 0 Å². The van der Waals surface area contributed by atoms with Crippen molar-refractivity contribution in [1.29, 1.82) is 0 Å². The summed E-state index contributed by atoms with van der Waals surface area (Å²) < 4.78 is 10.8. The summed E-state index contributed by atoms with van der Waals surface area (Å²) in [5, 5.41) is 0. The Morgan fingerprint density at radius 1 is 1.29 bits per heavy atom. The topological polar surface area (TPSA) is 61.5 Å². The molecule has 0 aliphatic heterocycles. The zero-order chi connectivity index (χ0) is 12.9. The fraction of sp³-hybridized carbons (Fsp3) is 0.923. The Morgan fingerprint density at radius 2 is 1.88 bits per heavy atom. The third-order valence-electron chi connectivity index (χ3n) is 2.77. The first kappa shape index (κ1) is 14.5. The molecule has 0 aromatic carbocycles. The molecule has 0 saturated heterocycles. The number of ether oxygens (including phenoxy) is 2. The molecular weight excluding hydrogens is 218 g/mol. The molecule has 100 valence electrons. The summed E-state index contributed by atoms with van der Waals surface area (Å²) in [6.45, 7) is 5.76. The van der Waals surface area contributed by atoms with Gasteiger partial charge in [0.1, 0.15) is 11.6 Å². The van der Waals surface area contributed by atoms with Gasteiger partial charge in [-0.1, -0.05) is 19.3 Å². The summed E-state index contributed by atoms with van der Waals surface area (Å²) in [5.41, 5.74) is 5.26. The second-order valence-electron chi connectivity index (χ2n) is 5.73. The third kappa shape index (κ3) is 6.03. The number of esters is 1. The van der Waals surface area contributed by atoms with Gasteiger partial charge in [-0.3, -0.25) is 4.79 Å². The van der Waals surface area contributed by atoms with Gasteiger partial charge in [0, 0.05) is 0 Å². The number of hydrogen-bond donors (Lipinski definition) is 1. The number of carbonyl (C=O) groups is 1. The van der Waals surface area contributed by atoms with Crippen LogP contribution in [0, 0.1) is 0 Å². The van der Waals surface area contributed by atoms with Gasteiger partial charge in [0.2, 0.25) is 0 Å². The van der Waals surface area contributed by atoms with Crippen LogP contribution in [0.15, 0.2) is 0 Å². The largest absolute Gasteiger partial charge is 0.459 e. The van der Waals surface area contributed by atoms with Gasteiger partial charge < -0.3 is 15.2 Å². The summed E-state index contributed by atoms with van der Waals surface area (Å²) in [5.74, 6) is -0.381. The summed E-state index contributed by atoms with van der Waals surface area (Å²) in [4.78, 5) is 11.6. The van der Waals surface area contributed by atoms with Crippen molar-refractivity contribution in [2.45, 2.75) is 70.6 Å². The van der Waals surface area contributed by atoms with Crippen LogP contribution in [0.3, 0.4) is 0 Å². The van der Waals surface area contributed by atoms with E-state index in [9.17, 15) is 4.79 Å². The molecule has 17 heavy (non-hydrogen) atoms. The Balaban J connectivity index is 2.23. The molecule has 0 radical (unpaired) electrons. The Hall–Kier alpha value is -0.610. The van der Waals surface area contributed by atoms with Crippen LogP contribution in [0.2, 0.25) is 0 Å². The van der Waals surface area contributed by atoms with Gasteiger partial charge in [-0.25, -0.2) is 0 Å². The van der Waals surface area contributed by atoms with E-state index in [1.807, 2.05) is 20.8 Å². The van der Waals surface area contributed by atoms with Crippen LogP contribution in [-0.2, 0) is 14.3 Å². The molecule has 4 nitrogen and oxygen atoms in total. The second kappa shape index (κ2) is 6.36. The van der Waals surface area contributed by atoms with Gasteiger partial charge in [0.25, 0.3) is 0 Å². The van der Waals surface area contributed by atoms with Crippen molar-refractivity contribution in [1.82, 2.24) is 0 Å². The maximum Gasteiger partial charge on any atom is 0.325 e. The minimum absolute atomic E-state index is 0.263. The van der Waals surface area contributed by atoms with E-state index >= 15 is 0 Å². The van der Waals surface area contributed by atoms with Crippen LogP contribution in [0.25, 0.3) is 0 Å². The zero-order valence-electron chi connectivity index (χ0n) is 11.2. The van der Waals surface area contributed by atoms with Crippen LogP contribution in [0.4, 0.5) is 0 Å². The molecule has 1 fully saturated rings. The summed E-state index contributed by atoms with van der Waals surface area (Å²) >= 11 is 0. The Bertz CT molecular complexity index is 242. The van der Waals surface area contributed by atoms with Crippen LogP contribution in [-0.4, -0.2) is 30.3 Å². The molecule has 4 heteroatoms. The molecule has 0 amide bonds. The Labute approximate surface area is 104 Å². The first-order valence-electron chi connectivity index (χ1n) is 6.48. The molecule has 0 bridgehead atoms. The maximum absolute atomic E-state index is 11.6. The lowest BCUT2D eigenvalue weighted by atomic mass is 9.98. The van der Waals surface area contributed by atoms with Gasteiger partial charge in [-0.05, 0) is 33.6 Å². The SMILES string of the molecule is CC(C)(C)OC(=O)[C@@H](N)COC1CCCCC1. The average molecular weight is 243 g/mol. The molecule has 1 atom stereocenters. The molecule has 0 unspecified atom stereocenters. The lowest BCUT2D eigenvalue weighted by Crippen LogP contribution is -2.41. The summed E-state index contributed by atoms with van der Waals surface area (Å²) in [7, 11) is 0. The standard InChI is InChI=1S/C13H25NO3/c1-13(2,3)17-12(15)11(14)9-16-10-7-5-4-6-8-10/h10-11H,4-9,14H2,1-3H3/t11-/m0/s1. The normalized spacial score (nSPS) is 20.0. The Morgan fingerprint density at radius 3 is 2.41 bits per heavy atom. The minimum atomic E-state index is -0.670. The van der Waals surface area contributed by atoms with E-state index in [0.717, 1.165) is 12.8 Å². The highest BCUT2D eigenvalue weighted by Gasteiger charge is 2.23. The molecule has 0 aromatic heterocycles. The smallest absolute Gasteiger partial charge is 0.325 e. The molecule has 1 saturated carbocycles. The van der Waals surface area contributed by atoms with Crippen LogP contribution in [0.5, 0.6) is 0 Å². The van der Waals surface area contributed by atoms with E-state index in [4.69, 9.17) is 15.2 Å². The Kier molecular flexibility index (Phi) is 5.40. The number of hydrogen-bond acceptors (Lipinski definition) is 4. The molecule has 1 aliphatic rings. The van der Waals surface area contributed by atoms with Gasteiger partial charge in [0.05, 0.1) is 12.7 Å². The number of carbonyl (C=O) groups excluding carboxylic acids is 1. The predicted molar refractivity (Wildman–Crippen MR) is 66.6 cm³/mol. The first-order chi connectivity index (χ1) is 7.88. The molecule has 1 aliphatic carbocycles. The highest BCUT2D eigenvalue weighted by Crippen LogP contribution is 2.20. The van der Waals surface area contributed by atoms with E-state index in [0.29, 0.717) is 0 Å². The zero-order valence-corrected chi connectivity index (χ0v) is 11.2. The fourth-order valence-corrected chi connectivity index (χ4v) is 1.92. The number of rotatable bonds is 4. The van der Waals surface area contributed by atoms with Crippen molar-refractivity contribution >= 4 is 5.97 Å². The molecule has 2 N–H and O–H groups in total. The van der Waals surface area contributed by atoms with E-state index < -0.39 is 11.6 Å². The number of nitrogens with two attached hydrogens (primary N) is 1. The first-order valence-corrected chi connectivity index (χ1v) is 6.48. The summed E-state index contributed by atoms with van der Waals surface area (Å²) in [6, 6.07) is -0.670. The lowest BCUT2D eigenvalue weighted by molar-refractivity contribution is -0.158. The lowest BCUT2D eigenvalue weighted by Gasteiger charge is -2.25. The second-order valence-corrected chi connectivity index (χ2v) is 5.73. The van der Waals surface area contributed by atoms with Crippen LogP contribution < -0.4 is 5.73 Å². The molecule has 0 spiro atoms. The summed E-state index contributed by atoms with van der Waals surface area (Å²) in [6.07, 6.45) is 6.16. The van der Waals surface area contributed by atoms with Crippen molar-refractivity contribution in [3.63, 3.8) is 0 Å². The van der Waals surface area contributed by atoms with Gasteiger partial charge in [-0.2, -0.15) is 0 Å². The molecule has 0 heterocycles. The van der Waals surface area contributed by atoms with Crippen molar-refractivity contribution in [2.75, 3.05) is 6.61 Å². The highest BCUT2D eigenvalue weighted by atomic mass is 16.6. The van der Waals surface area contributed by atoms with Crippen molar-refractivity contribution in [3.8, 4) is 0 Å². The quantitative estimate of drug-likeness (QED) is 0.767. The van der Waals surface area contributed by atoms with Gasteiger partial charge >= 0.3 is 5.97 Å². The van der Waals surface area contributed by atoms with Gasteiger partial charge in [-0.15, -0.1) is 0 Å². The van der Waals surface area contributed by atoms with Gasteiger partial charge in [0.15, 0.2) is 0 Å². The highest BCUT2D eigenvalue weighted by molar-refractivity contribution is 5.76. The molecular formula is C13H25NO3. The van der Waals surface area contributed by atoms with E-state index in [-0.39, 0.29) is 18.7 Å². The average Bonchev–Trinajstić information content (AvgIpc) is 2.25. The van der Waals surface area contributed by atoms with E-state index in [1.165, 1.54) is 19.3 Å². The van der Waals surface area contributed by atoms with E-state index in [1.54, 1.807) is 0 Å². The van der Waals surface area contributed by atoms with Crippen LogP contribution in [0.1, 0.15) is 52.9 Å². The molecule has 1 rings (SSSR count). The van der Waals surface area contributed by atoms with Crippen molar-refractivity contribution in [2.24, 2.45) is 5.73 Å². The van der Waals surface area contributed by atoms with Crippen molar-refractivity contribution in [3.05, 3.63) is 0 Å². The third-order valence-corrected chi connectivity index (χ3v) is 2.77. The predicted octanol–water partition coefficient (Wildman–Crippen LogP) is 2.00. The van der Waals surface area contributed by atoms with Crippen molar-refractivity contribution < 1.29 is 14.3 Å². The maximum atomic E-state index is 11.6. The van der Waals surface area contributed by atoms with E-state index in [2.05, 4.69) is 0 Å². The molecule has 0 aromatic rings.